The first kappa shape index (κ1) is 16.6. The van der Waals surface area contributed by atoms with Gasteiger partial charge in [-0.3, -0.25) is 9.69 Å². The number of alkyl halides is 3. The molecule has 122 valence electrons. The number of piperidine rings is 1. The molecule has 1 atom stereocenters. The first-order chi connectivity index (χ1) is 10.4. The lowest BCUT2D eigenvalue weighted by atomic mass is 9.99. The van der Waals surface area contributed by atoms with E-state index in [1.165, 1.54) is 18.2 Å². The van der Waals surface area contributed by atoms with Gasteiger partial charge in [0, 0.05) is 12.5 Å². The number of carboxylic acid groups (broad SMARTS) is 1. The number of carbonyl (C=O) groups is 1. The molecule has 1 aromatic rings. The Morgan fingerprint density at radius 3 is 2.77 bits per heavy atom. The van der Waals surface area contributed by atoms with Gasteiger partial charge in [-0.2, -0.15) is 13.2 Å². The van der Waals surface area contributed by atoms with Gasteiger partial charge in [0.05, 0.1) is 18.7 Å². The summed E-state index contributed by atoms with van der Waals surface area (Å²) in [7, 11) is 0. The number of carboxylic acids is 1. The zero-order valence-electron chi connectivity index (χ0n) is 12.0. The highest BCUT2D eigenvalue weighted by atomic mass is 19.4. The fourth-order valence-corrected chi connectivity index (χ4v) is 2.66. The van der Waals surface area contributed by atoms with Gasteiger partial charge in [0.2, 0.25) is 0 Å². The van der Waals surface area contributed by atoms with E-state index in [4.69, 9.17) is 9.84 Å². The van der Waals surface area contributed by atoms with Gasteiger partial charge < -0.3 is 9.84 Å². The summed E-state index contributed by atoms with van der Waals surface area (Å²) in [6.07, 6.45) is -2.80. The third kappa shape index (κ3) is 4.62. The van der Waals surface area contributed by atoms with Crippen molar-refractivity contribution in [3.05, 3.63) is 29.8 Å². The van der Waals surface area contributed by atoms with Gasteiger partial charge in [-0.15, -0.1) is 0 Å². The highest BCUT2D eigenvalue weighted by Crippen LogP contribution is 2.36. The van der Waals surface area contributed by atoms with Crippen LogP contribution in [0.5, 0.6) is 5.75 Å². The molecule has 0 aliphatic carbocycles. The zero-order chi connectivity index (χ0) is 16.2. The van der Waals surface area contributed by atoms with E-state index >= 15 is 0 Å². The summed E-state index contributed by atoms with van der Waals surface area (Å²) in [5.74, 6) is -1.04. The molecular weight excluding hydrogens is 299 g/mol. The third-order valence-corrected chi connectivity index (χ3v) is 3.63. The van der Waals surface area contributed by atoms with E-state index in [-0.39, 0.29) is 24.8 Å². The quantitative estimate of drug-likeness (QED) is 0.907. The number of para-hydroxylation sites is 1. The van der Waals surface area contributed by atoms with Crippen molar-refractivity contribution in [2.75, 3.05) is 26.2 Å². The minimum Gasteiger partial charge on any atom is -0.493 e. The molecule has 1 saturated heterocycles. The molecular formula is C15H18F3NO3. The Morgan fingerprint density at radius 1 is 1.36 bits per heavy atom. The van der Waals surface area contributed by atoms with E-state index in [1.807, 2.05) is 0 Å². The molecule has 1 unspecified atom stereocenters. The van der Waals surface area contributed by atoms with Crippen molar-refractivity contribution in [2.24, 2.45) is 5.92 Å². The SMILES string of the molecule is O=C(O)CN1CCCC(COc2ccccc2C(F)(F)F)C1. The summed E-state index contributed by atoms with van der Waals surface area (Å²) >= 11 is 0. The molecule has 1 heterocycles. The zero-order valence-corrected chi connectivity index (χ0v) is 12.0. The molecule has 0 radical (unpaired) electrons. The van der Waals surface area contributed by atoms with Crippen LogP contribution in [-0.4, -0.2) is 42.2 Å². The number of hydrogen-bond acceptors (Lipinski definition) is 3. The van der Waals surface area contributed by atoms with E-state index in [9.17, 15) is 18.0 Å². The Bertz CT molecular complexity index is 519. The van der Waals surface area contributed by atoms with Crippen molar-refractivity contribution in [1.82, 2.24) is 4.90 Å². The predicted octanol–water partition coefficient (Wildman–Crippen LogP) is 2.88. The number of likely N-dealkylation sites (tertiary alicyclic amines) is 1. The summed E-state index contributed by atoms with van der Waals surface area (Å²) in [5, 5.41) is 8.79. The second-order valence-corrected chi connectivity index (χ2v) is 5.44. The van der Waals surface area contributed by atoms with Crippen LogP contribution in [0.3, 0.4) is 0 Å². The Hall–Kier alpha value is -1.76. The molecule has 1 N–H and O–H groups in total. The van der Waals surface area contributed by atoms with Crippen LogP contribution in [0.15, 0.2) is 24.3 Å². The number of rotatable bonds is 5. The van der Waals surface area contributed by atoms with E-state index in [2.05, 4.69) is 0 Å². The van der Waals surface area contributed by atoms with Crippen molar-refractivity contribution in [3.63, 3.8) is 0 Å². The summed E-state index contributed by atoms with van der Waals surface area (Å²) in [4.78, 5) is 12.5. The fraction of sp³-hybridized carbons (Fsp3) is 0.533. The van der Waals surface area contributed by atoms with Gasteiger partial charge in [-0.25, -0.2) is 0 Å². The van der Waals surface area contributed by atoms with E-state index in [1.54, 1.807) is 4.90 Å². The minimum absolute atomic E-state index is 0.0365. The molecule has 2 rings (SSSR count). The van der Waals surface area contributed by atoms with Crippen LogP contribution in [0.4, 0.5) is 13.2 Å². The van der Waals surface area contributed by atoms with Gasteiger partial charge in [0.1, 0.15) is 5.75 Å². The van der Waals surface area contributed by atoms with Crippen LogP contribution in [-0.2, 0) is 11.0 Å². The van der Waals surface area contributed by atoms with Crippen molar-refractivity contribution in [3.8, 4) is 5.75 Å². The summed E-state index contributed by atoms with van der Waals surface area (Å²) in [6, 6.07) is 5.13. The van der Waals surface area contributed by atoms with Gasteiger partial charge in [-0.1, -0.05) is 12.1 Å². The number of aliphatic carboxylic acids is 1. The number of hydrogen-bond donors (Lipinski definition) is 1. The largest absolute Gasteiger partial charge is 0.493 e. The Kier molecular flexibility index (Phi) is 5.28. The van der Waals surface area contributed by atoms with Crippen LogP contribution in [0.25, 0.3) is 0 Å². The van der Waals surface area contributed by atoms with Crippen LogP contribution in [0.1, 0.15) is 18.4 Å². The van der Waals surface area contributed by atoms with Crippen molar-refractivity contribution >= 4 is 5.97 Å². The van der Waals surface area contributed by atoms with E-state index in [0.717, 1.165) is 18.9 Å². The highest BCUT2D eigenvalue weighted by molar-refractivity contribution is 5.69. The lowest BCUT2D eigenvalue weighted by Gasteiger charge is -2.31. The third-order valence-electron chi connectivity index (χ3n) is 3.63. The van der Waals surface area contributed by atoms with Gasteiger partial charge in [-0.05, 0) is 31.5 Å². The van der Waals surface area contributed by atoms with Crippen LogP contribution >= 0.6 is 0 Å². The number of halogens is 3. The molecule has 7 heteroatoms. The highest BCUT2D eigenvalue weighted by Gasteiger charge is 2.34. The van der Waals surface area contributed by atoms with Crippen LogP contribution < -0.4 is 4.74 Å². The normalized spacial score (nSPS) is 19.9. The monoisotopic (exact) mass is 317 g/mol. The molecule has 4 nitrogen and oxygen atoms in total. The molecule has 1 fully saturated rings. The number of benzene rings is 1. The van der Waals surface area contributed by atoms with Gasteiger partial charge in [0.25, 0.3) is 0 Å². The molecule has 22 heavy (non-hydrogen) atoms. The Morgan fingerprint density at radius 2 is 2.09 bits per heavy atom. The molecule has 1 aliphatic heterocycles. The standard InChI is InChI=1S/C15H18F3NO3/c16-15(17,18)12-5-1-2-6-13(12)22-10-11-4-3-7-19(8-11)9-14(20)21/h1-2,5-6,11H,3-4,7-10H2,(H,20,21). The van der Waals surface area contributed by atoms with Crippen molar-refractivity contribution < 1.29 is 27.8 Å². The van der Waals surface area contributed by atoms with Crippen LogP contribution in [0.2, 0.25) is 0 Å². The molecule has 1 aliphatic rings. The van der Waals surface area contributed by atoms with Crippen molar-refractivity contribution in [1.29, 1.82) is 0 Å². The summed E-state index contributed by atoms with van der Waals surface area (Å²) in [6.45, 7) is 1.33. The molecule has 0 saturated carbocycles. The number of ether oxygens (including phenoxy) is 1. The maximum absolute atomic E-state index is 12.9. The first-order valence-corrected chi connectivity index (χ1v) is 7.09. The number of nitrogens with zero attached hydrogens (tertiary/aromatic N) is 1. The second-order valence-electron chi connectivity index (χ2n) is 5.44. The molecule has 0 amide bonds. The lowest BCUT2D eigenvalue weighted by molar-refractivity contribution is -0.140. The topological polar surface area (TPSA) is 49.8 Å². The molecule has 1 aromatic carbocycles. The maximum atomic E-state index is 12.9. The van der Waals surface area contributed by atoms with Gasteiger partial charge >= 0.3 is 12.1 Å². The van der Waals surface area contributed by atoms with Gasteiger partial charge in [0.15, 0.2) is 0 Å². The van der Waals surface area contributed by atoms with Crippen LogP contribution in [0, 0.1) is 5.92 Å². The van der Waals surface area contributed by atoms with Crippen molar-refractivity contribution in [2.45, 2.75) is 19.0 Å². The average molecular weight is 317 g/mol. The Labute approximate surface area is 126 Å². The smallest absolute Gasteiger partial charge is 0.419 e. The first-order valence-electron chi connectivity index (χ1n) is 7.09. The fourth-order valence-electron chi connectivity index (χ4n) is 2.66. The average Bonchev–Trinajstić information content (AvgIpc) is 2.44. The minimum atomic E-state index is -4.45. The molecule has 0 aromatic heterocycles. The molecule has 0 bridgehead atoms. The summed E-state index contributed by atoms with van der Waals surface area (Å²) in [5.41, 5.74) is -0.784. The lowest BCUT2D eigenvalue weighted by Crippen LogP contribution is -2.40. The second kappa shape index (κ2) is 7.00. The predicted molar refractivity (Wildman–Crippen MR) is 73.7 cm³/mol. The van der Waals surface area contributed by atoms with E-state index in [0.29, 0.717) is 13.1 Å². The van der Waals surface area contributed by atoms with E-state index < -0.39 is 17.7 Å². The summed E-state index contributed by atoms with van der Waals surface area (Å²) < 4.78 is 44.0. The maximum Gasteiger partial charge on any atom is 0.419 e. The Balaban J connectivity index is 1.94. The molecule has 0 spiro atoms.